The molecule has 1 fully saturated rings. The summed E-state index contributed by atoms with van der Waals surface area (Å²) in [7, 11) is 0. The number of carbonyl (C=O) groups excluding carboxylic acids is 2. The maximum atomic E-state index is 12.4. The summed E-state index contributed by atoms with van der Waals surface area (Å²) in [5, 5.41) is 10.2. The van der Waals surface area contributed by atoms with Crippen LogP contribution in [0.4, 0.5) is 0 Å². The van der Waals surface area contributed by atoms with Gasteiger partial charge in [-0.05, 0) is 87.5 Å². The van der Waals surface area contributed by atoms with Gasteiger partial charge in [-0.3, -0.25) is 14.5 Å². The number of piperidine rings is 1. The van der Waals surface area contributed by atoms with Gasteiger partial charge in [-0.1, -0.05) is 24.3 Å². The first kappa shape index (κ1) is 19.6. The maximum absolute atomic E-state index is 12.4. The Kier molecular flexibility index (Phi) is 5.67. The molecule has 5 heteroatoms. The predicted molar refractivity (Wildman–Crippen MR) is 112 cm³/mol. The van der Waals surface area contributed by atoms with Crippen molar-refractivity contribution in [2.45, 2.75) is 38.5 Å². The number of phenols is 1. The molecule has 0 unspecified atom stereocenters. The first-order valence-corrected chi connectivity index (χ1v) is 10.5. The second-order valence-corrected chi connectivity index (χ2v) is 8.19. The molecule has 1 saturated heterocycles. The summed E-state index contributed by atoms with van der Waals surface area (Å²) in [5.41, 5.74) is 3.21. The van der Waals surface area contributed by atoms with Crippen molar-refractivity contribution in [1.29, 1.82) is 0 Å². The molecule has 0 radical (unpaired) electrons. The van der Waals surface area contributed by atoms with E-state index < -0.39 is 0 Å². The monoisotopic (exact) mass is 392 g/mol. The van der Waals surface area contributed by atoms with Crippen molar-refractivity contribution in [2.24, 2.45) is 0 Å². The van der Waals surface area contributed by atoms with E-state index in [1.807, 2.05) is 13.0 Å². The van der Waals surface area contributed by atoms with E-state index in [-0.39, 0.29) is 11.8 Å². The van der Waals surface area contributed by atoms with Gasteiger partial charge in [0.2, 0.25) is 0 Å². The number of hydrogen-bond acceptors (Lipinski definition) is 4. The number of phenolic OH excluding ortho intramolecular Hbond substituents is 1. The largest absolute Gasteiger partial charge is 0.508 e. The number of hydrogen-bond donors (Lipinski definition) is 1. The third-order valence-electron chi connectivity index (χ3n) is 6.20. The van der Waals surface area contributed by atoms with Gasteiger partial charge in [-0.15, -0.1) is 0 Å². The molecule has 4 rings (SSSR count). The lowest BCUT2D eigenvalue weighted by Gasteiger charge is -2.32. The van der Waals surface area contributed by atoms with Crippen molar-refractivity contribution >= 4 is 11.8 Å². The average molecular weight is 392 g/mol. The minimum absolute atomic E-state index is 0.163. The highest BCUT2D eigenvalue weighted by atomic mass is 16.3. The van der Waals surface area contributed by atoms with Gasteiger partial charge in [0.25, 0.3) is 11.8 Å². The van der Waals surface area contributed by atoms with Crippen molar-refractivity contribution in [3.8, 4) is 5.75 Å². The highest BCUT2D eigenvalue weighted by Gasteiger charge is 2.34. The lowest BCUT2D eigenvalue weighted by molar-refractivity contribution is 0.0649. The molecule has 0 aromatic heterocycles. The van der Waals surface area contributed by atoms with E-state index in [9.17, 15) is 14.7 Å². The standard InChI is InChI=1S/C24H28N2O3/c1-17-8-9-19(22(27)16-17)18-10-14-25(15-11-18)12-4-5-13-26-23(28)20-6-2-3-7-21(20)24(26)29/h2-3,6-9,16,18,27H,4-5,10-15H2,1H3. The molecule has 0 atom stereocenters. The normalized spacial score (nSPS) is 17.8. The summed E-state index contributed by atoms with van der Waals surface area (Å²) in [6.07, 6.45) is 3.89. The summed E-state index contributed by atoms with van der Waals surface area (Å²) in [5.74, 6) is 0.517. The molecule has 2 aromatic carbocycles. The van der Waals surface area contributed by atoms with Crippen molar-refractivity contribution in [3.05, 3.63) is 64.7 Å². The van der Waals surface area contributed by atoms with E-state index in [0.717, 1.165) is 56.4 Å². The van der Waals surface area contributed by atoms with Crippen LogP contribution < -0.4 is 0 Å². The Morgan fingerprint density at radius 3 is 2.17 bits per heavy atom. The molecule has 0 saturated carbocycles. The van der Waals surface area contributed by atoms with Gasteiger partial charge in [-0.2, -0.15) is 0 Å². The number of rotatable bonds is 6. The van der Waals surface area contributed by atoms with Crippen LogP contribution in [0.5, 0.6) is 5.75 Å². The highest BCUT2D eigenvalue weighted by molar-refractivity contribution is 6.21. The van der Waals surface area contributed by atoms with Gasteiger partial charge in [0, 0.05) is 6.54 Å². The van der Waals surface area contributed by atoms with E-state index in [1.54, 1.807) is 24.3 Å². The van der Waals surface area contributed by atoms with Crippen LogP contribution in [-0.4, -0.2) is 52.9 Å². The van der Waals surface area contributed by atoms with Gasteiger partial charge in [-0.25, -0.2) is 0 Å². The number of likely N-dealkylation sites (tertiary alicyclic amines) is 1. The number of nitrogens with zero attached hydrogens (tertiary/aromatic N) is 2. The molecular formula is C24H28N2O3. The number of unbranched alkanes of at least 4 members (excludes halogenated alkanes) is 1. The molecule has 0 bridgehead atoms. The fourth-order valence-corrected chi connectivity index (χ4v) is 4.51. The van der Waals surface area contributed by atoms with E-state index >= 15 is 0 Å². The number of carbonyl (C=O) groups is 2. The lowest BCUT2D eigenvalue weighted by Crippen LogP contribution is -2.35. The zero-order valence-electron chi connectivity index (χ0n) is 16.9. The van der Waals surface area contributed by atoms with Crippen LogP contribution >= 0.6 is 0 Å². The average Bonchev–Trinajstić information content (AvgIpc) is 2.97. The Bertz CT molecular complexity index is 881. The van der Waals surface area contributed by atoms with Crippen LogP contribution in [0.3, 0.4) is 0 Å². The van der Waals surface area contributed by atoms with Crippen LogP contribution in [0, 0.1) is 6.92 Å². The molecule has 29 heavy (non-hydrogen) atoms. The molecule has 1 N–H and O–H groups in total. The molecule has 0 aliphatic carbocycles. The van der Waals surface area contributed by atoms with Crippen LogP contribution in [0.1, 0.15) is 63.4 Å². The van der Waals surface area contributed by atoms with Crippen LogP contribution in [-0.2, 0) is 0 Å². The van der Waals surface area contributed by atoms with E-state index in [4.69, 9.17) is 0 Å². The van der Waals surface area contributed by atoms with Gasteiger partial charge < -0.3 is 10.0 Å². The van der Waals surface area contributed by atoms with Crippen LogP contribution in [0.25, 0.3) is 0 Å². The number of imide groups is 1. The zero-order chi connectivity index (χ0) is 20.4. The van der Waals surface area contributed by atoms with Crippen LogP contribution in [0.15, 0.2) is 42.5 Å². The van der Waals surface area contributed by atoms with E-state index in [0.29, 0.717) is 29.3 Å². The molecule has 5 nitrogen and oxygen atoms in total. The Morgan fingerprint density at radius 2 is 1.55 bits per heavy atom. The Labute approximate surface area is 171 Å². The van der Waals surface area contributed by atoms with E-state index in [1.165, 1.54) is 4.90 Å². The smallest absolute Gasteiger partial charge is 0.261 e. The van der Waals surface area contributed by atoms with Crippen LogP contribution in [0.2, 0.25) is 0 Å². The molecule has 152 valence electrons. The Balaban J connectivity index is 1.21. The van der Waals surface area contributed by atoms with Crippen molar-refractivity contribution in [1.82, 2.24) is 9.80 Å². The highest BCUT2D eigenvalue weighted by Crippen LogP contribution is 2.34. The summed E-state index contributed by atoms with van der Waals surface area (Å²) in [6, 6.07) is 13.0. The maximum Gasteiger partial charge on any atom is 0.261 e. The van der Waals surface area contributed by atoms with Gasteiger partial charge in [0.05, 0.1) is 11.1 Å². The Morgan fingerprint density at radius 1 is 0.931 bits per heavy atom. The fourth-order valence-electron chi connectivity index (χ4n) is 4.51. The summed E-state index contributed by atoms with van der Waals surface area (Å²) in [4.78, 5) is 28.6. The molecule has 0 spiro atoms. The summed E-state index contributed by atoms with van der Waals surface area (Å²) < 4.78 is 0. The first-order valence-electron chi connectivity index (χ1n) is 10.5. The zero-order valence-corrected chi connectivity index (χ0v) is 16.9. The molecule has 2 amide bonds. The minimum Gasteiger partial charge on any atom is -0.508 e. The minimum atomic E-state index is -0.163. The first-order chi connectivity index (χ1) is 14.0. The quantitative estimate of drug-likeness (QED) is 0.597. The molecule has 2 aromatic rings. The topological polar surface area (TPSA) is 60.9 Å². The SMILES string of the molecule is Cc1ccc(C2CCN(CCCCN3C(=O)c4ccccc4C3=O)CC2)c(O)c1. The molecule has 2 aliphatic heterocycles. The third kappa shape index (κ3) is 4.06. The van der Waals surface area contributed by atoms with Gasteiger partial charge in [0.1, 0.15) is 5.75 Å². The second kappa shape index (κ2) is 8.37. The predicted octanol–water partition coefficient (Wildman–Crippen LogP) is 3.96. The number of aryl methyl sites for hydroxylation is 1. The number of amides is 2. The lowest BCUT2D eigenvalue weighted by atomic mass is 9.88. The van der Waals surface area contributed by atoms with Gasteiger partial charge >= 0.3 is 0 Å². The molecule has 2 aliphatic rings. The van der Waals surface area contributed by atoms with Gasteiger partial charge in [0.15, 0.2) is 0 Å². The molecule has 2 heterocycles. The number of aromatic hydroxyl groups is 1. The number of fused-ring (bicyclic) bond motifs is 1. The van der Waals surface area contributed by atoms with Crippen molar-refractivity contribution < 1.29 is 14.7 Å². The summed E-state index contributed by atoms with van der Waals surface area (Å²) >= 11 is 0. The molecular weight excluding hydrogens is 364 g/mol. The third-order valence-corrected chi connectivity index (χ3v) is 6.20. The summed E-state index contributed by atoms with van der Waals surface area (Å²) in [6.45, 7) is 5.50. The Hall–Kier alpha value is -2.66. The van der Waals surface area contributed by atoms with Crippen molar-refractivity contribution in [3.63, 3.8) is 0 Å². The fraction of sp³-hybridized carbons (Fsp3) is 0.417. The van der Waals surface area contributed by atoms with Crippen molar-refractivity contribution in [2.75, 3.05) is 26.2 Å². The second-order valence-electron chi connectivity index (χ2n) is 8.19. The number of benzene rings is 2. The van der Waals surface area contributed by atoms with E-state index in [2.05, 4.69) is 17.0 Å².